The van der Waals surface area contributed by atoms with Crippen molar-refractivity contribution in [3.8, 4) is 5.75 Å². The molecule has 1 N–H and O–H groups in total. The van der Waals surface area contributed by atoms with Gasteiger partial charge in [0.05, 0.1) is 35.8 Å². The van der Waals surface area contributed by atoms with Crippen molar-refractivity contribution in [1.82, 2.24) is 9.88 Å². The monoisotopic (exact) mass is 681 g/mol. The van der Waals surface area contributed by atoms with Gasteiger partial charge in [-0.05, 0) is 66.1 Å². The minimum absolute atomic E-state index is 0.0206. The summed E-state index contributed by atoms with van der Waals surface area (Å²) in [5.74, 6) is -0.383. The fraction of sp³-hybridized carbons (Fsp3) is 0.419. The van der Waals surface area contributed by atoms with Gasteiger partial charge >= 0.3 is 4.87 Å². The van der Waals surface area contributed by atoms with Gasteiger partial charge in [-0.1, -0.05) is 39.4 Å². The molecule has 2 aliphatic carbocycles. The van der Waals surface area contributed by atoms with Crippen LogP contribution in [0.15, 0.2) is 62.8 Å². The van der Waals surface area contributed by atoms with Crippen LogP contribution in [0.25, 0.3) is 0 Å². The van der Waals surface area contributed by atoms with Gasteiger partial charge in [0.25, 0.3) is 5.91 Å². The number of carbonyl (C=O) groups is 3. The van der Waals surface area contributed by atoms with Gasteiger partial charge in [0.15, 0.2) is 6.61 Å². The van der Waals surface area contributed by atoms with Crippen molar-refractivity contribution in [1.29, 1.82) is 0 Å². The number of imide groups is 1. The smallest absolute Gasteiger partial charge is 0.305 e. The molecule has 3 amide bonds. The summed E-state index contributed by atoms with van der Waals surface area (Å²) in [4.78, 5) is 60.1. The highest BCUT2D eigenvalue weighted by Gasteiger charge is 2.69. The second-order valence-corrected chi connectivity index (χ2v) is 14.9. The zero-order chi connectivity index (χ0) is 29.4. The normalized spacial score (nSPS) is 30.8. The van der Waals surface area contributed by atoms with Gasteiger partial charge in [-0.2, -0.15) is 0 Å². The second-order valence-electron chi connectivity index (χ2n) is 11.8. The van der Waals surface area contributed by atoms with Gasteiger partial charge in [0.2, 0.25) is 11.8 Å². The average molecular weight is 683 g/mol. The number of morpholine rings is 1. The van der Waals surface area contributed by atoms with E-state index in [-0.39, 0.29) is 70.0 Å². The number of anilines is 1. The van der Waals surface area contributed by atoms with E-state index in [0.29, 0.717) is 37.7 Å². The number of ether oxygens (including phenoxy) is 2. The molecular weight excluding hydrogens is 654 g/mol. The maximum absolute atomic E-state index is 13.9. The number of benzene rings is 2. The van der Waals surface area contributed by atoms with E-state index in [1.165, 1.54) is 16.2 Å². The van der Waals surface area contributed by atoms with Crippen LogP contribution in [0.5, 0.6) is 5.75 Å². The van der Waals surface area contributed by atoms with Crippen LogP contribution in [0.1, 0.15) is 22.8 Å². The summed E-state index contributed by atoms with van der Waals surface area (Å²) in [5.41, 5.74) is 1.60. The topological polar surface area (TPSA) is 109 Å². The Balaban J connectivity index is 1.11. The van der Waals surface area contributed by atoms with E-state index < -0.39 is 0 Å². The molecule has 0 radical (unpaired) electrons. The number of nitrogens with zero attached hydrogens (tertiary/aromatic N) is 2. The first-order valence-electron chi connectivity index (χ1n) is 14.5. The van der Waals surface area contributed by atoms with Gasteiger partial charge in [0.1, 0.15) is 5.75 Å². The number of H-pyrrole nitrogens is 1. The summed E-state index contributed by atoms with van der Waals surface area (Å²) >= 11 is 6.34. The maximum Gasteiger partial charge on any atom is 0.305 e. The highest BCUT2D eigenvalue weighted by atomic mass is 79.9. The Bertz CT molecular complexity index is 1680. The molecule has 4 unspecified atom stereocenters. The van der Waals surface area contributed by atoms with Crippen molar-refractivity contribution in [2.45, 2.75) is 22.6 Å². The summed E-state index contributed by atoms with van der Waals surface area (Å²) < 4.78 is 12.2. The Morgan fingerprint density at radius 1 is 1.02 bits per heavy atom. The van der Waals surface area contributed by atoms with Gasteiger partial charge in [-0.25, -0.2) is 0 Å². The first-order chi connectivity index (χ1) is 20.9. The molecule has 1 aromatic heterocycles. The molecule has 2 bridgehead atoms. The molecule has 2 saturated carbocycles. The van der Waals surface area contributed by atoms with Crippen LogP contribution < -0.4 is 14.5 Å². The lowest BCUT2D eigenvalue weighted by Gasteiger charge is -2.43. The van der Waals surface area contributed by atoms with Crippen LogP contribution in [0.4, 0.5) is 5.69 Å². The fourth-order valence-corrected chi connectivity index (χ4v) is 11.2. The number of halogens is 1. The van der Waals surface area contributed by atoms with Crippen molar-refractivity contribution in [3.05, 3.63) is 73.1 Å². The Morgan fingerprint density at radius 2 is 1.77 bits per heavy atom. The van der Waals surface area contributed by atoms with E-state index in [2.05, 4.69) is 20.9 Å². The van der Waals surface area contributed by atoms with Crippen LogP contribution >= 0.6 is 39.0 Å². The van der Waals surface area contributed by atoms with Crippen molar-refractivity contribution in [2.75, 3.05) is 37.8 Å². The van der Waals surface area contributed by atoms with Crippen LogP contribution in [-0.4, -0.2) is 65.8 Å². The third-order valence-corrected chi connectivity index (χ3v) is 12.9. The maximum atomic E-state index is 13.9. The molecular formula is C31H28BrN3O6S2. The van der Waals surface area contributed by atoms with E-state index in [9.17, 15) is 19.2 Å². The summed E-state index contributed by atoms with van der Waals surface area (Å²) in [6, 6.07) is 15.1. The minimum atomic E-state index is -0.367. The number of rotatable bonds is 5. The SMILES string of the molecule is O=C(COc1cccc([C@H]2c3sc(=O)[nH]c3SC3C2[C@H]2C[C@@H]3C3C(=O)N(c4ccc(Br)cc4)C(=O)C32)c1)N1CCOCC1. The van der Waals surface area contributed by atoms with Gasteiger partial charge < -0.3 is 19.4 Å². The van der Waals surface area contributed by atoms with Crippen LogP contribution in [-0.2, 0) is 19.1 Å². The number of thioether (sulfide) groups is 1. The van der Waals surface area contributed by atoms with Crippen LogP contribution in [0.3, 0.4) is 0 Å². The molecule has 12 heteroatoms. The zero-order valence-corrected chi connectivity index (χ0v) is 26.2. The number of aromatic amines is 1. The first kappa shape index (κ1) is 27.6. The molecule has 43 heavy (non-hydrogen) atoms. The van der Waals surface area contributed by atoms with Crippen LogP contribution in [0.2, 0.25) is 0 Å². The summed E-state index contributed by atoms with van der Waals surface area (Å²) in [7, 11) is 0. The molecule has 5 aliphatic rings. The summed E-state index contributed by atoms with van der Waals surface area (Å²) in [6.07, 6.45) is 0.823. The molecule has 222 valence electrons. The number of fused-ring (bicyclic) bond motifs is 9. The number of carbonyl (C=O) groups excluding carboxylic acids is 3. The average Bonchev–Trinajstić information content (AvgIpc) is 3.76. The second kappa shape index (κ2) is 10.6. The van der Waals surface area contributed by atoms with E-state index in [1.54, 1.807) is 16.7 Å². The van der Waals surface area contributed by atoms with E-state index in [1.807, 2.05) is 48.5 Å². The number of hydrogen-bond acceptors (Lipinski definition) is 8. The minimum Gasteiger partial charge on any atom is -0.484 e. The van der Waals surface area contributed by atoms with E-state index >= 15 is 0 Å². The van der Waals surface area contributed by atoms with Crippen molar-refractivity contribution < 1.29 is 23.9 Å². The Kier molecular flexibility index (Phi) is 6.81. The molecule has 3 aromatic rings. The highest BCUT2D eigenvalue weighted by Crippen LogP contribution is 2.68. The van der Waals surface area contributed by atoms with Gasteiger partial charge in [0, 0.05) is 33.6 Å². The van der Waals surface area contributed by atoms with Crippen molar-refractivity contribution in [2.24, 2.45) is 29.6 Å². The quantitative estimate of drug-likeness (QED) is 0.404. The Labute approximate surface area is 264 Å². The fourth-order valence-electron chi connectivity index (χ4n) is 8.08. The zero-order valence-electron chi connectivity index (χ0n) is 22.9. The standard InChI is InChI=1S/C31H28BrN3O6S2/c32-16-4-6-17(7-5-16)35-29(37)24-19-13-20(25(24)30(35)38)26-23(19)22(27-28(42-26)33-31(39)43-27)15-2-1-3-18(12-15)41-14-21(36)34-8-10-40-11-9-34/h1-7,12,19-20,22-26H,8-11,13-14H2,(H,33,39)/t19-,20-,22-,23?,24?,25?,26?/m1/s1. The molecule has 9 nitrogen and oxygen atoms in total. The van der Waals surface area contributed by atoms with E-state index in [0.717, 1.165) is 26.4 Å². The molecule has 3 aliphatic heterocycles. The number of aromatic nitrogens is 1. The third-order valence-electron chi connectivity index (χ3n) is 9.75. The van der Waals surface area contributed by atoms with Crippen molar-refractivity contribution in [3.63, 3.8) is 0 Å². The number of thiazole rings is 1. The number of nitrogens with one attached hydrogen (secondary N) is 1. The third kappa shape index (κ3) is 4.43. The molecule has 8 rings (SSSR count). The molecule has 0 spiro atoms. The molecule has 2 saturated heterocycles. The predicted octanol–water partition coefficient (Wildman–Crippen LogP) is 4.11. The molecule has 4 fully saturated rings. The van der Waals surface area contributed by atoms with Gasteiger partial charge in [-0.3, -0.25) is 24.1 Å². The number of hydrogen-bond donors (Lipinski definition) is 1. The Morgan fingerprint density at radius 3 is 2.53 bits per heavy atom. The van der Waals surface area contributed by atoms with Gasteiger partial charge in [-0.15, -0.1) is 11.8 Å². The van der Waals surface area contributed by atoms with E-state index in [4.69, 9.17) is 9.47 Å². The predicted molar refractivity (Wildman–Crippen MR) is 164 cm³/mol. The molecule has 7 atom stereocenters. The lowest BCUT2D eigenvalue weighted by Crippen LogP contribution is -2.43. The molecule has 2 aromatic carbocycles. The summed E-state index contributed by atoms with van der Waals surface area (Å²) in [5, 5.41) is 0.962. The molecule has 4 heterocycles. The Hall–Kier alpha value is -2.93. The lowest BCUT2D eigenvalue weighted by atomic mass is 9.68. The lowest BCUT2D eigenvalue weighted by molar-refractivity contribution is -0.137. The summed E-state index contributed by atoms with van der Waals surface area (Å²) in [6.45, 7) is 2.13. The van der Waals surface area contributed by atoms with Crippen LogP contribution in [0, 0.1) is 29.6 Å². The largest absolute Gasteiger partial charge is 0.484 e. The van der Waals surface area contributed by atoms with Crippen molar-refractivity contribution >= 4 is 62.4 Å². The first-order valence-corrected chi connectivity index (χ1v) is 17.0. The number of amides is 3. The highest BCUT2D eigenvalue weighted by molar-refractivity contribution is 9.10.